The fraction of sp³-hybridized carbons (Fsp3) is 0.478. The van der Waals surface area contributed by atoms with Crippen LogP contribution in [0.25, 0.3) is 5.65 Å². The van der Waals surface area contributed by atoms with Gasteiger partial charge in [0.25, 0.3) is 0 Å². The normalized spacial score (nSPS) is 18.0. The Bertz CT molecular complexity index is 1320. The van der Waals surface area contributed by atoms with Gasteiger partial charge in [0.1, 0.15) is 17.7 Å². The maximum atomic E-state index is 10.6. The van der Waals surface area contributed by atoms with E-state index in [2.05, 4.69) is 25.2 Å². The molecule has 2 saturated heterocycles. The van der Waals surface area contributed by atoms with Crippen molar-refractivity contribution in [1.82, 2.24) is 24.8 Å². The lowest BCUT2D eigenvalue weighted by Gasteiger charge is -2.53. The summed E-state index contributed by atoms with van der Waals surface area (Å²) in [6.07, 6.45) is -6.51. The smallest absolute Gasteiger partial charge is 0.475 e. The van der Waals surface area contributed by atoms with Gasteiger partial charge in [0.05, 0.1) is 31.5 Å². The van der Waals surface area contributed by atoms with Crippen LogP contribution in [0.15, 0.2) is 36.7 Å². The molecule has 3 aromatic heterocycles. The third-order valence-corrected chi connectivity index (χ3v) is 5.78. The summed E-state index contributed by atoms with van der Waals surface area (Å²) < 4.78 is 77.4. The average Bonchev–Trinajstić information content (AvgIpc) is 3.34. The molecule has 41 heavy (non-hydrogen) atoms. The molecule has 1 atom stereocenters. The lowest BCUT2D eigenvalue weighted by atomic mass is 9.84. The molecule has 0 radical (unpaired) electrons. The fourth-order valence-electron chi connectivity index (χ4n) is 3.93. The first-order chi connectivity index (χ1) is 19.1. The first-order valence-electron chi connectivity index (χ1n) is 11.8. The lowest BCUT2D eigenvalue weighted by Crippen LogP contribution is -2.66. The van der Waals surface area contributed by atoms with Gasteiger partial charge in [-0.15, -0.1) is 15.3 Å². The van der Waals surface area contributed by atoms with Gasteiger partial charge in [-0.3, -0.25) is 4.98 Å². The van der Waals surface area contributed by atoms with Crippen molar-refractivity contribution in [3.8, 4) is 0 Å². The lowest BCUT2D eigenvalue weighted by molar-refractivity contribution is -0.193. The Balaban J connectivity index is 0.000000276. The second-order valence-corrected chi connectivity index (χ2v) is 9.01. The zero-order valence-electron chi connectivity index (χ0n) is 21.3. The van der Waals surface area contributed by atoms with Crippen molar-refractivity contribution in [1.29, 1.82) is 0 Å². The second-order valence-electron chi connectivity index (χ2n) is 9.01. The number of carbonyl (C=O) groups is 2. The van der Waals surface area contributed by atoms with Crippen molar-refractivity contribution in [3.63, 3.8) is 0 Å². The maximum Gasteiger partial charge on any atom is 0.490 e. The van der Waals surface area contributed by atoms with Gasteiger partial charge >= 0.3 is 24.3 Å². The van der Waals surface area contributed by atoms with Gasteiger partial charge in [0.2, 0.25) is 0 Å². The number of carboxylic acids is 2. The Labute approximate surface area is 227 Å². The summed E-state index contributed by atoms with van der Waals surface area (Å²) in [4.78, 5) is 24.5. The minimum absolute atomic E-state index is 0.132. The van der Waals surface area contributed by atoms with E-state index in [1.54, 1.807) is 10.8 Å². The summed E-state index contributed by atoms with van der Waals surface area (Å²) in [6.45, 7) is 4.95. The molecule has 0 saturated carbocycles. The molecule has 1 spiro atoms. The number of hydrogen-bond acceptors (Lipinski definition) is 9. The van der Waals surface area contributed by atoms with Gasteiger partial charge in [0.15, 0.2) is 5.65 Å². The van der Waals surface area contributed by atoms with Crippen LogP contribution in [0.1, 0.15) is 24.2 Å². The molecule has 2 aliphatic rings. The molecule has 18 heteroatoms. The molecule has 1 unspecified atom stereocenters. The number of halogens is 6. The predicted molar refractivity (Wildman–Crippen MR) is 126 cm³/mol. The molecule has 2 aliphatic heterocycles. The van der Waals surface area contributed by atoms with Crippen molar-refractivity contribution < 1.29 is 55.6 Å². The van der Waals surface area contributed by atoms with Crippen LogP contribution in [-0.4, -0.2) is 90.7 Å². The highest BCUT2D eigenvalue weighted by molar-refractivity contribution is 5.73. The van der Waals surface area contributed by atoms with Gasteiger partial charge in [0, 0.05) is 18.7 Å². The largest absolute Gasteiger partial charge is 0.490 e. The number of pyridine rings is 1. The number of aromatic nitrogens is 5. The summed E-state index contributed by atoms with van der Waals surface area (Å²) in [5.74, 6) is -4.59. The maximum absolute atomic E-state index is 10.6. The van der Waals surface area contributed by atoms with Gasteiger partial charge in [-0.05, 0) is 37.6 Å². The molecule has 0 aliphatic carbocycles. The van der Waals surface area contributed by atoms with Crippen LogP contribution >= 0.6 is 0 Å². The number of aryl methyl sites for hydroxylation is 1. The van der Waals surface area contributed by atoms with Crippen LogP contribution in [0.5, 0.6) is 0 Å². The number of rotatable bonds is 4. The van der Waals surface area contributed by atoms with Gasteiger partial charge in [-0.1, -0.05) is 6.07 Å². The zero-order chi connectivity index (χ0) is 30.4. The summed E-state index contributed by atoms with van der Waals surface area (Å²) >= 11 is 0. The highest BCUT2D eigenvalue weighted by atomic mass is 19.4. The van der Waals surface area contributed by atoms with E-state index in [0.29, 0.717) is 6.61 Å². The first-order valence-corrected chi connectivity index (χ1v) is 11.8. The molecule has 2 N–H and O–H groups in total. The Morgan fingerprint density at radius 2 is 1.71 bits per heavy atom. The zero-order valence-corrected chi connectivity index (χ0v) is 21.3. The van der Waals surface area contributed by atoms with Crippen molar-refractivity contribution >= 4 is 23.4 Å². The van der Waals surface area contributed by atoms with Crippen LogP contribution in [0.4, 0.5) is 32.2 Å². The monoisotopic (exact) mass is 594 g/mol. The number of ether oxygens (including phenoxy) is 2. The fourth-order valence-corrected chi connectivity index (χ4v) is 3.93. The summed E-state index contributed by atoms with van der Waals surface area (Å²) in [6, 6.07) is 9.96. The van der Waals surface area contributed by atoms with E-state index >= 15 is 0 Å². The van der Waals surface area contributed by atoms with Crippen LogP contribution in [0.3, 0.4) is 0 Å². The van der Waals surface area contributed by atoms with Crippen LogP contribution in [-0.2, 0) is 25.7 Å². The van der Waals surface area contributed by atoms with E-state index in [1.807, 2.05) is 37.3 Å². The molecule has 3 aromatic rings. The topological polar surface area (TPSA) is 152 Å². The Morgan fingerprint density at radius 3 is 2.29 bits per heavy atom. The van der Waals surface area contributed by atoms with Gasteiger partial charge in [-0.2, -0.15) is 30.9 Å². The SMILES string of the molecule is Cc1cccc(COC2CCOC3(C2)CN(c2ccc4nncn4n2)C3)n1.O=C(O)C(F)(F)F.O=C(O)C(F)(F)F. The van der Waals surface area contributed by atoms with Crippen LogP contribution < -0.4 is 4.90 Å². The minimum Gasteiger partial charge on any atom is -0.475 e. The predicted octanol–water partition coefficient (Wildman–Crippen LogP) is 3.05. The number of fused-ring (bicyclic) bond motifs is 1. The molecule has 12 nitrogen and oxygen atoms in total. The molecule has 0 bridgehead atoms. The van der Waals surface area contributed by atoms with Crippen molar-refractivity contribution in [2.45, 2.75) is 50.4 Å². The number of aliphatic carboxylic acids is 2. The van der Waals surface area contributed by atoms with Crippen molar-refractivity contribution in [3.05, 3.63) is 48.0 Å². The van der Waals surface area contributed by atoms with Gasteiger partial charge < -0.3 is 24.6 Å². The molecule has 0 aromatic carbocycles. The number of nitrogens with zero attached hydrogens (tertiary/aromatic N) is 6. The first kappa shape index (κ1) is 31.5. The Morgan fingerprint density at radius 1 is 1.07 bits per heavy atom. The van der Waals surface area contributed by atoms with E-state index < -0.39 is 24.3 Å². The van der Waals surface area contributed by atoms with Gasteiger partial charge in [-0.25, -0.2) is 9.59 Å². The molecular formula is C23H24F6N6O6. The number of anilines is 1. The standard InChI is InChI=1S/C19H22N6O2.2C2HF3O2/c1-14-3-2-4-15(21-14)10-26-16-7-8-27-19(9-16)11-24(12-19)18-6-5-17-22-20-13-25(17)23-18;2*3-2(4,5)1(6)7/h2-6,13,16H,7-12H2,1H3;2*(H,6,7). The van der Waals surface area contributed by atoms with E-state index in [1.165, 1.54) is 0 Å². The minimum atomic E-state index is -5.08. The van der Waals surface area contributed by atoms with E-state index in [9.17, 15) is 26.3 Å². The van der Waals surface area contributed by atoms with E-state index in [0.717, 1.165) is 55.4 Å². The Hall–Kier alpha value is -4.06. The molecule has 2 fully saturated rings. The molecule has 0 amide bonds. The number of alkyl halides is 6. The summed E-state index contributed by atoms with van der Waals surface area (Å²) in [7, 11) is 0. The molecule has 5 rings (SSSR count). The van der Waals surface area contributed by atoms with Crippen molar-refractivity contribution in [2.24, 2.45) is 0 Å². The second kappa shape index (κ2) is 12.6. The summed E-state index contributed by atoms with van der Waals surface area (Å²) in [5, 5.41) is 26.7. The number of hydrogen-bond donors (Lipinski definition) is 2. The Kier molecular flexibility index (Phi) is 9.69. The third kappa shape index (κ3) is 8.97. The average molecular weight is 594 g/mol. The van der Waals surface area contributed by atoms with E-state index in [4.69, 9.17) is 29.3 Å². The van der Waals surface area contributed by atoms with Crippen molar-refractivity contribution in [2.75, 3.05) is 24.6 Å². The quantitative estimate of drug-likeness (QED) is 0.429. The summed E-state index contributed by atoms with van der Waals surface area (Å²) in [5.41, 5.74) is 2.62. The number of carboxylic acid groups (broad SMARTS) is 2. The molecule has 5 heterocycles. The molecular weight excluding hydrogens is 570 g/mol. The van der Waals surface area contributed by atoms with Crippen LogP contribution in [0, 0.1) is 6.92 Å². The third-order valence-electron chi connectivity index (χ3n) is 5.78. The highest BCUT2D eigenvalue weighted by Gasteiger charge is 2.48. The highest BCUT2D eigenvalue weighted by Crippen LogP contribution is 2.37. The molecule has 224 valence electrons. The van der Waals surface area contributed by atoms with Crippen LogP contribution in [0.2, 0.25) is 0 Å². The van der Waals surface area contributed by atoms with E-state index in [-0.39, 0.29) is 11.7 Å².